The van der Waals surface area contributed by atoms with Gasteiger partial charge in [-0.15, -0.1) is 11.3 Å². The molecule has 2 amide bonds. The van der Waals surface area contributed by atoms with Crippen LogP contribution in [0.1, 0.15) is 40.2 Å². The van der Waals surface area contributed by atoms with Gasteiger partial charge in [-0.25, -0.2) is 0 Å². The summed E-state index contributed by atoms with van der Waals surface area (Å²) in [7, 11) is 0. The van der Waals surface area contributed by atoms with Gasteiger partial charge in [-0.3, -0.25) is 9.59 Å². The predicted molar refractivity (Wildman–Crippen MR) is 99.2 cm³/mol. The molecule has 6 heteroatoms. The van der Waals surface area contributed by atoms with Crippen molar-refractivity contribution in [3.8, 4) is 0 Å². The first kappa shape index (κ1) is 17.2. The Morgan fingerprint density at radius 1 is 1.29 bits per heavy atom. The summed E-state index contributed by atoms with van der Waals surface area (Å²) in [6, 6.07) is 9.33. The molecule has 2 aromatic rings. The van der Waals surface area contributed by atoms with Crippen molar-refractivity contribution in [1.29, 1.82) is 0 Å². The number of nitrogens with one attached hydrogen (secondary N) is 1. The van der Waals surface area contributed by atoms with E-state index in [0.29, 0.717) is 5.56 Å². The van der Waals surface area contributed by atoms with E-state index in [1.807, 2.05) is 17.0 Å². The first-order valence-corrected chi connectivity index (χ1v) is 9.67. The molecule has 0 aliphatic carbocycles. The summed E-state index contributed by atoms with van der Waals surface area (Å²) >= 11 is 5.11. The molecule has 4 nitrogen and oxygen atoms in total. The van der Waals surface area contributed by atoms with Crippen LogP contribution in [-0.4, -0.2) is 29.8 Å². The number of hydrogen-bond acceptors (Lipinski definition) is 3. The molecular formula is C18H19BrN2O2S. The van der Waals surface area contributed by atoms with Crippen molar-refractivity contribution in [2.45, 2.75) is 25.8 Å². The maximum Gasteiger partial charge on any atom is 0.251 e. The van der Waals surface area contributed by atoms with E-state index in [2.05, 4.69) is 39.6 Å². The van der Waals surface area contributed by atoms with Gasteiger partial charge >= 0.3 is 0 Å². The summed E-state index contributed by atoms with van der Waals surface area (Å²) in [6.45, 7) is 2.85. The normalized spacial score (nSPS) is 16.6. The fraction of sp³-hybridized carbons (Fsp3) is 0.333. The van der Waals surface area contributed by atoms with E-state index in [0.717, 1.165) is 23.9 Å². The van der Waals surface area contributed by atoms with Gasteiger partial charge in [0.05, 0.1) is 12.6 Å². The highest BCUT2D eigenvalue weighted by Gasteiger charge is 2.30. The number of hydrogen-bond donors (Lipinski definition) is 1. The Balaban J connectivity index is 1.63. The molecule has 0 radical (unpaired) electrons. The average Bonchev–Trinajstić information content (AvgIpc) is 3.07. The van der Waals surface area contributed by atoms with Crippen molar-refractivity contribution in [2.75, 3.05) is 13.1 Å². The minimum atomic E-state index is -0.225. The largest absolute Gasteiger partial charge is 0.343 e. The fourth-order valence-electron chi connectivity index (χ4n) is 3.10. The van der Waals surface area contributed by atoms with Crippen molar-refractivity contribution in [3.63, 3.8) is 0 Å². The van der Waals surface area contributed by atoms with E-state index in [4.69, 9.17) is 0 Å². The lowest BCUT2D eigenvalue weighted by Gasteiger charge is -2.35. The number of benzene rings is 1. The van der Waals surface area contributed by atoms with Crippen molar-refractivity contribution < 1.29 is 9.59 Å². The molecule has 1 atom stereocenters. The topological polar surface area (TPSA) is 49.4 Å². The van der Waals surface area contributed by atoms with Gasteiger partial charge in [0.2, 0.25) is 5.91 Å². The monoisotopic (exact) mass is 406 g/mol. The number of halogens is 1. The second-order valence-corrected chi connectivity index (χ2v) is 7.67. The molecule has 24 heavy (non-hydrogen) atoms. The lowest BCUT2D eigenvalue weighted by atomic mass is 9.98. The van der Waals surface area contributed by atoms with E-state index in [-0.39, 0.29) is 24.4 Å². The van der Waals surface area contributed by atoms with E-state index in [1.165, 1.54) is 10.4 Å². The van der Waals surface area contributed by atoms with Crippen LogP contribution in [0.15, 0.2) is 40.2 Å². The summed E-state index contributed by atoms with van der Waals surface area (Å²) < 4.78 is 0.917. The van der Waals surface area contributed by atoms with E-state index in [1.54, 1.807) is 23.5 Å². The molecule has 2 heterocycles. The third-order valence-electron chi connectivity index (χ3n) is 4.31. The van der Waals surface area contributed by atoms with Crippen LogP contribution in [0.5, 0.6) is 0 Å². The van der Waals surface area contributed by atoms with Gasteiger partial charge in [-0.1, -0.05) is 22.9 Å². The van der Waals surface area contributed by atoms with Crippen molar-refractivity contribution >= 4 is 39.1 Å². The number of thiophene rings is 1. The molecule has 0 saturated carbocycles. The summed E-state index contributed by atoms with van der Waals surface area (Å²) in [5.41, 5.74) is 1.82. The van der Waals surface area contributed by atoms with Gasteiger partial charge in [0.1, 0.15) is 0 Å². The minimum absolute atomic E-state index is 0.0239. The molecular weight excluding hydrogens is 388 g/mol. The van der Waals surface area contributed by atoms with E-state index >= 15 is 0 Å². The first-order valence-electron chi connectivity index (χ1n) is 7.99. The Morgan fingerprint density at radius 3 is 2.75 bits per heavy atom. The van der Waals surface area contributed by atoms with Gasteiger partial charge in [-0.2, -0.15) is 0 Å². The third kappa shape index (κ3) is 3.54. The van der Waals surface area contributed by atoms with Crippen molar-refractivity contribution in [3.05, 3.63) is 56.2 Å². The van der Waals surface area contributed by atoms with Crippen molar-refractivity contribution in [2.24, 2.45) is 0 Å². The van der Waals surface area contributed by atoms with Gasteiger partial charge in [-0.05, 0) is 54.1 Å². The predicted octanol–water partition coefficient (Wildman–Crippen LogP) is 3.78. The summed E-state index contributed by atoms with van der Waals surface area (Å²) in [4.78, 5) is 28.0. The zero-order chi connectivity index (χ0) is 17.1. The summed E-state index contributed by atoms with van der Waals surface area (Å²) in [6.07, 6.45) is 1.78. The Labute approximate surface area is 154 Å². The zero-order valence-electron chi connectivity index (χ0n) is 13.4. The van der Waals surface area contributed by atoms with Crippen LogP contribution in [0.3, 0.4) is 0 Å². The number of nitrogens with zero attached hydrogens (tertiary/aromatic N) is 1. The zero-order valence-corrected chi connectivity index (χ0v) is 15.8. The molecule has 0 spiro atoms. The molecule has 1 aliphatic heterocycles. The third-order valence-corrected chi connectivity index (χ3v) is 5.83. The number of rotatable bonds is 4. The maximum atomic E-state index is 12.6. The Bertz CT molecular complexity index is 742. The maximum absolute atomic E-state index is 12.6. The number of amides is 2. The molecule has 3 rings (SSSR count). The summed E-state index contributed by atoms with van der Waals surface area (Å²) in [5.74, 6) is -0.249. The highest BCUT2D eigenvalue weighted by atomic mass is 79.9. The van der Waals surface area contributed by atoms with Crippen LogP contribution >= 0.6 is 27.3 Å². The number of fused-ring (bicyclic) bond motifs is 1. The molecule has 0 fully saturated rings. The van der Waals surface area contributed by atoms with Gasteiger partial charge in [0, 0.05) is 21.5 Å². The Hall–Kier alpha value is -1.66. The van der Waals surface area contributed by atoms with Crippen LogP contribution in [0.25, 0.3) is 0 Å². The molecule has 1 aliphatic rings. The number of carbonyl (C=O) groups excluding carboxylic acids is 2. The standard InChI is InChI=1S/C18H19BrN2O2S/c1-2-15-14-8-10-24-16(14)7-9-21(15)17(22)11-20-18(23)12-3-5-13(19)6-4-12/h3-6,8,10,15H,2,7,9,11H2,1H3,(H,20,23). The fourth-order valence-corrected chi connectivity index (χ4v) is 4.29. The molecule has 0 bridgehead atoms. The van der Waals surface area contributed by atoms with Crippen LogP contribution in [-0.2, 0) is 11.2 Å². The molecule has 1 unspecified atom stereocenters. The summed E-state index contributed by atoms with van der Waals surface area (Å²) in [5, 5.41) is 4.83. The molecule has 1 aromatic carbocycles. The van der Waals surface area contributed by atoms with Gasteiger partial charge in [0.15, 0.2) is 0 Å². The lowest BCUT2D eigenvalue weighted by molar-refractivity contribution is -0.133. The highest BCUT2D eigenvalue weighted by molar-refractivity contribution is 9.10. The van der Waals surface area contributed by atoms with Crippen LogP contribution < -0.4 is 5.32 Å². The SMILES string of the molecule is CCC1c2ccsc2CCN1C(=O)CNC(=O)c1ccc(Br)cc1. The molecule has 126 valence electrons. The van der Waals surface area contributed by atoms with Crippen LogP contribution in [0.4, 0.5) is 0 Å². The second kappa shape index (κ2) is 7.49. The molecule has 1 aromatic heterocycles. The minimum Gasteiger partial charge on any atom is -0.343 e. The highest BCUT2D eigenvalue weighted by Crippen LogP contribution is 2.35. The van der Waals surface area contributed by atoms with E-state index < -0.39 is 0 Å². The smallest absolute Gasteiger partial charge is 0.251 e. The first-order chi connectivity index (χ1) is 11.6. The van der Waals surface area contributed by atoms with Crippen LogP contribution in [0.2, 0.25) is 0 Å². The van der Waals surface area contributed by atoms with Gasteiger partial charge < -0.3 is 10.2 Å². The second-order valence-electron chi connectivity index (χ2n) is 5.75. The Kier molecular flexibility index (Phi) is 5.36. The Morgan fingerprint density at radius 2 is 2.04 bits per heavy atom. The molecule has 1 N–H and O–H groups in total. The molecule has 0 saturated heterocycles. The lowest BCUT2D eigenvalue weighted by Crippen LogP contribution is -2.44. The van der Waals surface area contributed by atoms with Gasteiger partial charge in [0.25, 0.3) is 5.91 Å². The quantitative estimate of drug-likeness (QED) is 0.839. The van der Waals surface area contributed by atoms with Crippen LogP contribution in [0, 0.1) is 0 Å². The van der Waals surface area contributed by atoms with Crippen molar-refractivity contribution in [1.82, 2.24) is 10.2 Å². The number of carbonyl (C=O) groups is 2. The van der Waals surface area contributed by atoms with E-state index in [9.17, 15) is 9.59 Å². The average molecular weight is 407 g/mol.